The zero-order valence-electron chi connectivity index (χ0n) is 16.9. The van der Waals surface area contributed by atoms with E-state index in [-0.39, 0.29) is 5.91 Å². The largest absolute Gasteiger partial charge is 0.495 e. The number of amides is 1. The minimum Gasteiger partial charge on any atom is -0.495 e. The Hall–Kier alpha value is -3.12. The average molecular weight is 465 g/mol. The monoisotopic (exact) mass is 464 g/mol. The molecule has 0 spiro atoms. The molecular formula is C24H21BrN2O3. The molecule has 3 aromatic carbocycles. The number of ether oxygens (including phenoxy) is 1. The third-order valence-corrected chi connectivity index (χ3v) is 5.58. The Morgan fingerprint density at radius 3 is 2.63 bits per heavy atom. The Bertz CT molecular complexity index is 1230. The highest BCUT2D eigenvalue weighted by atomic mass is 79.9. The fourth-order valence-corrected chi connectivity index (χ4v) is 3.67. The van der Waals surface area contributed by atoms with Gasteiger partial charge < -0.3 is 14.5 Å². The Labute approximate surface area is 183 Å². The van der Waals surface area contributed by atoms with Crippen LogP contribution in [-0.2, 0) is 0 Å². The summed E-state index contributed by atoms with van der Waals surface area (Å²) in [5.41, 5.74) is 4.57. The fraction of sp³-hybridized carbons (Fsp3) is 0.167. The normalized spacial score (nSPS) is 11.1. The van der Waals surface area contributed by atoms with Crippen molar-refractivity contribution in [2.24, 2.45) is 0 Å². The lowest BCUT2D eigenvalue weighted by Crippen LogP contribution is -2.13. The summed E-state index contributed by atoms with van der Waals surface area (Å²) in [5.74, 6) is 1.22. The number of carbonyl (C=O) groups is 1. The zero-order chi connectivity index (χ0) is 21.3. The summed E-state index contributed by atoms with van der Waals surface area (Å²) in [4.78, 5) is 17.4. The topological polar surface area (TPSA) is 64.4 Å². The van der Waals surface area contributed by atoms with E-state index in [0.29, 0.717) is 28.8 Å². The second-order valence-electron chi connectivity index (χ2n) is 7.25. The van der Waals surface area contributed by atoms with Gasteiger partial charge in [-0.25, -0.2) is 4.98 Å². The van der Waals surface area contributed by atoms with Gasteiger partial charge in [-0.1, -0.05) is 32.0 Å². The number of hydrogen-bond acceptors (Lipinski definition) is 4. The van der Waals surface area contributed by atoms with Crippen molar-refractivity contribution >= 4 is 38.6 Å². The molecule has 0 aliphatic heterocycles. The first-order chi connectivity index (χ1) is 14.5. The highest BCUT2D eigenvalue weighted by molar-refractivity contribution is 9.10. The predicted molar refractivity (Wildman–Crippen MR) is 122 cm³/mol. The van der Waals surface area contributed by atoms with Crippen molar-refractivity contribution in [3.8, 4) is 17.2 Å². The molecule has 152 valence electrons. The van der Waals surface area contributed by atoms with Gasteiger partial charge in [-0.3, -0.25) is 4.79 Å². The molecule has 1 aromatic heterocycles. The van der Waals surface area contributed by atoms with Gasteiger partial charge >= 0.3 is 0 Å². The number of aromatic nitrogens is 1. The van der Waals surface area contributed by atoms with Crippen LogP contribution in [0.5, 0.6) is 5.75 Å². The van der Waals surface area contributed by atoms with Gasteiger partial charge in [0.2, 0.25) is 5.89 Å². The lowest BCUT2D eigenvalue weighted by molar-refractivity contribution is 0.102. The number of methoxy groups -OCH3 is 1. The van der Waals surface area contributed by atoms with Gasteiger partial charge in [0.15, 0.2) is 5.58 Å². The summed E-state index contributed by atoms with van der Waals surface area (Å²) in [6.07, 6.45) is 0. The van der Waals surface area contributed by atoms with Crippen LogP contribution in [-0.4, -0.2) is 18.0 Å². The van der Waals surface area contributed by atoms with Crippen LogP contribution >= 0.6 is 15.9 Å². The van der Waals surface area contributed by atoms with Gasteiger partial charge in [0.25, 0.3) is 5.91 Å². The van der Waals surface area contributed by atoms with Crippen LogP contribution in [0.4, 0.5) is 5.69 Å². The van der Waals surface area contributed by atoms with Gasteiger partial charge in [-0.2, -0.15) is 0 Å². The standard InChI is InChI=1S/C24H21BrN2O3/c1-14(2)15-8-11-22-20(12-15)27-24(30-22)16-9-10-21(29-3)19(13-16)26-23(28)17-6-4-5-7-18(17)25/h4-14H,1-3H3,(H,26,28). The first kappa shape index (κ1) is 20.2. The summed E-state index contributed by atoms with van der Waals surface area (Å²) in [7, 11) is 1.57. The number of oxazole rings is 1. The number of carbonyl (C=O) groups excluding carboxylic acids is 1. The number of halogens is 1. The van der Waals surface area contributed by atoms with Crippen molar-refractivity contribution in [1.82, 2.24) is 4.98 Å². The lowest BCUT2D eigenvalue weighted by Gasteiger charge is -2.12. The minimum atomic E-state index is -0.239. The van der Waals surface area contributed by atoms with E-state index in [1.807, 2.05) is 42.5 Å². The van der Waals surface area contributed by atoms with E-state index in [9.17, 15) is 4.79 Å². The molecule has 0 aliphatic carbocycles. The molecule has 0 aliphatic rings. The number of anilines is 1. The molecule has 0 saturated heterocycles. The molecule has 1 heterocycles. The van der Waals surface area contributed by atoms with Crippen LogP contribution in [0, 0.1) is 0 Å². The third kappa shape index (κ3) is 3.96. The molecule has 0 fully saturated rings. The van der Waals surface area contributed by atoms with Crippen LogP contribution in [0.2, 0.25) is 0 Å². The average Bonchev–Trinajstić information content (AvgIpc) is 3.17. The summed E-state index contributed by atoms with van der Waals surface area (Å²) in [5, 5.41) is 2.92. The van der Waals surface area contributed by atoms with E-state index in [4.69, 9.17) is 9.15 Å². The van der Waals surface area contributed by atoms with Crippen molar-refractivity contribution in [3.05, 3.63) is 76.3 Å². The van der Waals surface area contributed by atoms with Gasteiger partial charge in [0, 0.05) is 10.0 Å². The van der Waals surface area contributed by atoms with Crippen molar-refractivity contribution < 1.29 is 13.9 Å². The number of fused-ring (bicyclic) bond motifs is 1. The minimum absolute atomic E-state index is 0.239. The highest BCUT2D eigenvalue weighted by Gasteiger charge is 2.16. The molecule has 5 nitrogen and oxygen atoms in total. The van der Waals surface area contributed by atoms with E-state index in [1.54, 1.807) is 19.2 Å². The second-order valence-corrected chi connectivity index (χ2v) is 8.10. The van der Waals surface area contributed by atoms with Crippen LogP contribution in [0.3, 0.4) is 0 Å². The van der Waals surface area contributed by atoms with Crippen molar-refractivity contribution in [3.63, 3.8) is 0 Å². The highest BCUT2D eigenvalue weighted by Crippen LogP contribution is 2.33. The summed E-state index contributed by atoms with van der Waals surface area (Å²) < 4.78 is 12.1. The number of nitrogens with zero attached hydrogens (tertiary/aromatic N) is 1. The summed E-state index contributed by atoms with van der Waals surface area (Å²) in [6.45, 7) is 4.29. The lowest BCUT2D eigenvalue weighted by atomic mass is 10.0. The molecule has 4 rings (SSSR count). The number of rotatable bonds is 5. The molecule has 30 heavy (non-hydrogen) atoms. The van der Waals surface area contributed by atoms with E-state index in [0.717, 1.165) is 21.1 Å². The van der Waals surface area contributed by atoms with E-state index < -0.39 is 0 Å². The van der Waals surface area contributed by atoms with Gasteiger partial charge in [0.05, 0.1) is 18.4 Å². The van der Waals surface area contributed by atoms with Crippen molar-refractivity contribution in [2.75, 3.05) is 12.4 Å². The van der Waals surface area contributed by atoms with Crippen LogP contribution in [0.25, 0.3) is 22.6 Å². The molecule has 0 atom stereocenters. The molecular weight excluding hydrogens is 444 g/mol. The maximum absolute atomic E-state index is 12.8. The van der Waals surface area contributed by atoms with Crippen molar-refractivity contribution in [1.29, 1.82) is 0 Å². The van der Waals surface area contributed by atoms with Gasteiger partial charge in [-0.15, -0.1) is 0 Å². The molecule has 1 amide bonds. The number of benzene rings is 3. The molecule has 0 saturated carbocycles. The van der Waals surface area contributed by atoms with E-state index >= 15 is 0 Å². The quantitative estimate of drug-likeness (QED) is 0.359. The van der Waals surface area contributed by atoms with Crippen LogP contribution in [0.15, 0.2) is 69.6 Å². The van der Waals surface area contributed by atoms with E-state index in [2.05, 4.69) is 46.1 Å². The summed E-state index contributed by atoms with van der Waals surface area (Å²) in [6, 6.07) is 18.8. The SMILES string of the molecule is COc1ccc(-c2nc3cc(C(C)C)ccc3o2)cc1NC(=O)c1ccccc1Br. The number of hydrogen-bond donors (Lipinski definition) is 1. The Balaban J connectivity index is 1.70. The smallest absolute Gasteiger partial charge is 0.256 e. The predicted octanol–water partition coefficient (Wildman–Crippen LogP) is 6.64. The fourth-order valence-electron chi connectivity index (χ4n) is 3.20. The summed E-state index contributed by atoms with van der Waals surface area (Å²) >= 11 is 3.42. The first-order valence-electron chi connectivity index (χ1n) is 9.61. The maximum Gasteiger partial charge on any atom is 0.256 e. The van der Waals surface area contributed by atoms with Crippen LogP contribution in [0.1, 0.15) is 35.7 Å². The third-order valence-electron chi connectivity index (χ3n) is 4.89. The molecule has 1 N–H and O–H groups in total. The Morgan fingerprint density at radius 2 is 1.90 bits per heavy atom. The van der Waals surface area contributed by atoms with E-state index in [1.165, 1.54) is 5.56 Å². The Kier molecular flexibility index (Phi) is 5.59. The van der Waals surface area contributed by atoms with Crippen LogP contribution < -0.4 is 10.1 Å². The maximum atomic E-state index is 12.8. The van der Waals surface area contributed by atoms with Gasteiger partial charge in [0.1, 0.15) is 11.3 Å². The zero-order valence-corrected chi connectivity index (χ0v) is 18.5. The van der Waals surface area contributed by atoms with Gasteiger partial charge in [-0.05, 0) is 69.9 Å². The number of nitrogens with one attached hydrogen (secondary N) is 1. The molecule has 0 radical (unpaired) electrons. The van der Waals surface area contributed by atoms with Crippen molar-refractivity contribution in [2.45, 2.75) is 19.8 Å². The second kappa shape index (κ2) is 8.32. The molecule has 4 aromatic rings. The molecule has 0 unspecified atom stereocenters. The molecule has 6 heteroatoms. The Morgan fingerprint density at radius 1 is 1.10 bits per heavy atom. The molecule has 0 bridgehead atoms. The first-order valence-corrected chi connectivity index (χ1v) is 10.4.